The summed E-state index contributed by atoms with van der Waals surface area (Å²) in [5, 5.41) is 12.0. The normalized spacial score (nSPS) is 11.4. The molecule has 0 saturated heterocycles. The molecule has 0 fully saturated rings. The van der Waals surface area contributed by atoms with Crippen LogP contribution in [0.4, 0.5) is 5.69 Å². The third-order valence-electron chi connectivity index (χ3n) is 5.60. The molecule has 0 N–H and O–H groups in total. The molecule has 0 radical (unpaired) electrons. The molecular weight excluding hydrogens is 464 g/mol. The smallest absolute Gasteiger partial charge is 0.264 e. The lowest BCUT2D eigenvalue weighted by atomic mass is 10.1. The Kier molecular flexibility index (Phi) is 5.88. The molecule has 0 spiro atoms. The molecule has 34 heavy (non-hydrogen) atoms. The molecule has 0 unspecified atom stereocenters. The fourth-order valence-electron chi connectivity index (χ4n) is 3.79. The number of nitrogens with zero attached hydrogens (tertiary/aromatic N) is 4. The number of thiophene rings is 1. The summed E-state index contributed by atoms with van der Waals surface area (Å²) in [7, 11) is -3.82. The van der Waals surface area contributed by atoms with Gasteiger partial charge in [0.25, 0.3) is 10.0 Å². The number of rotatable bonds is 7. The van der Waals surface area contributed by atoms with Gasteiger partial charge in [0.1, 0.15) is 0 Å². The molecule has 168 valence electrons. The zero-order chi connectivity index (χ0) is 23.5. The van der Waals surface area contributed by atoms with Crippen LogP contribution in [-0.4, -0.2) is 18.0 Å². The maximum Gasteiger partial charge on any atom is 0.264 e. The van der Waals surface area contributed by atoms with Gasteiger partial charge in [0, 0.05) is 17.4 Å². The highest BCUT2D eigenvalue weighted by molar-refractivity contribution is 7.92. The Labute approximate surface area is 202 Å². The summed E-state index contributed by atoms with van der Waals surface area (Å²) in [6.45, 7) is 0.646. The van der Waals surface area contributed by atoms with Gasteiger partial charge in [0.15, 0.2) is 0 Å². The Morgan fingerprint density at radius 1 is 1.00 bits per heavy atom. The van der Waals surface area contributed by atoms with Crippen LogP contribution in [0.1, 0.15) is 16.8 Å². The van der Waals surface area contributed by atoms with Crippen molar-refractivity contribution in [3.8, 4) is 6.07 Å². The van der Waals surface area contributed by atoms with E-state index < -0.39 is 10.0 Å². The third kappa shape index (κ3) is 4.31. The fraction of sp³-hybridized carbons (Fsp3) is 0.0769. The number of sulfonamides is 1. The van der Waals surface area contributed by atoms with Crippen LogP contribution in [0.5, 0.6) is 0 Å². The SMILES string of the molecule is N#Cc1ccc(Cn2cncc2CN(c2ccc3sccc3c2)S(=O)(=O)c2ccccc2)cc1. The van der Waals surface area contributed by atoms with Gasteiger partial charge >= 0.3 is 0 Å². The van der Waals surface area contributed by atoms with Crippen molar-refractivity contribution in [2.75, 3.05) is 4.31 Å². The summed E-state index contributed by atoms with van der Waals surface area (Å²) < 4.78 is 32.0. The van der Waals surface area contributed by atoms with Gasteiger partial charge in [-0.3, -0.25) is 4.31 Å². The number of aromatic nitrogens is 2. The van der Waals surface area contributed by atoms with Crippen LogP contribution in [0.15, 0.2) is 102 Å². The molecule has 2 heterocycles. The lowest BCUT2D eigenvalue weighted by Gasteiger charge is -2.25. The van der Waals surface area contributed by atoms with E-state index in [-0.39, 0.29) is 11.4 Å². The van der Waals surface area contributed by atoms with Crippen molar-refractivity contribution in [2.45, 2.75) is 18.0 Å². The first-order valence-electron chi connectivity index (χ1n) is 10.6. The molecular formula is C26H20N4O2S2. The highest BCUT2D eigenvalue weighted by Gasteiger charge is 2.26. The van der Waals surface area contributed by atoms with Crippen molar-refractivity contribution in [1.29, 1.82) is 5.26 Å². The van der Waals surface area contributed by atoms with E-state index in [0.717, 1.165) is 21.3 Å². The van der Waals surface area contributed by atoms with Crippen molar-refractivity contribution in [3.63, 3.8) is 0 Å². The minimum absolute atomic E-state index is 0.128. The highest BCUT2D eigenvalue weighted by Crippen LogP contribution is 2.31. The molecule has 3 aromatic carbocycles. The Hall–Kier alpha value is -3.93. The van der Waals surface area contributed by atoms with Crippen LogP contribution in [0.2, 0.25) is 0 Å². The van der Waals surface area contributed by atoms with Crippen LogP contribution in [0.25, 0.3) is 10.1 Å². The van der Waals surface area contributed by atoms with Gasteiger partial charge in [-0.05, 0) is 64.9 Å². The van der Waals surface area contributed by atoms with Crippen LogP contribution in [0.3, 0.4) is 0 Å². The van der Waals surface area contributed by atoms with Crippen molar-refractivity contribution < 1.29 is 8.42 Å². The number of hydrogen-bond acceptors (Lipinski definition) is 5. The predicted molar refractivity (Wildman–Crippen MR) is 134 cm³/mol. The summed E-state index contributed by atoms with van der Waals surface area (Å²) in [5.41, 5.74) is 2.95. The van der Waals surface area contributed by atoms with E-state index in [0.29, 0.717) is 17.8 Å². The second-order valence-corrected chi connectivity index (χ2v) is 10.6. The first kappa shape index (κ1) is 21.9. The van der Waals surface area contributed by atoms with Crippen molar-refractivity contribution >= 4 is 37.1 Å². The summed E-state index contributed by atoms with van der Waals surface area (Å²) in [5.74, 6) is 0. The van der Waals surface area contributed by atoms with E-state index in [9.17, 15) is 8.42 Å². The molecule has 0 amide bonds. The van der Waals surface area contributed by atoms with E-state index in [2.05, 4.69) is 11.1 Å². The first-order valence-corrected chi connectivity index (χ1v) is 12.9. The van der Waals surface area contributed by atoms with Crippen LogP contribution in [0, 0.1) is 11.3 Å². The molecule has 0 aliphatic heterocycles. The van der Waals surface area contributed by atoms with Gasteiger partial charge in [0.2, 0.25) is 0 Å². The monoisotopic (exact) mass is 484 g/mol. The molecule has 0 aliphatic rings. The largest absolute Gasteiger partial charge is 0.328 e. The number of nitriles is 1. The molecule has 0 aliphatic carbocycles. The topological polar surface area (TPSA) is 79.0 Å². The quantitative estimate of drug-likeness (QED) is 0.309. The first-order chi connectivity index (χ1) is 16.5. The number of imidazole rings is 1. The third-order valence-corrected chi connectivity index (χ3v) is 8.28. The minimum atomic E-state index is -3.82. The van der Waals surface area contributed by atoms with Crippen LogP contribution >= 0.6 is 11.3 Å². The summed E-state index contributed by atoms with van der Waals surface area (Å²) in [6.07, 6.45) is 3.39. The average Bonchev–Trinajstić information content (AvgIpc) is 3.52. The average molecular weight is 485 g/mol. The Morgan fingerprint density at radius 3 is 2.56 bits per heavy atom. The Balaban J connectivity index is 1.53. The predicted octanol–water partition coefficient (Wildman–Crippen LogP) is 5.41. The van der Waals surface area contributed by atoms with Crippen LogP contribution in [-0.2, 0) is 23.1 Å². The zero-order valence-electron chi connectivity index (χ0n) is 18.1. The second kappa shape index (κ2) is 9.14. The maximum atomic E-state index is 13.7. The van der Waals surface area contributed by atoms with Gasteiger partial charge in [-0.15, -0.1) is 11.3 Å². The Morgan fingerprint density at radius 2 is 1.79 bits per heavy atom. The van der Waals surface area contributed by atoms with Gasteiger partial charge in [-0.2, -0.15) is 5.26 Å². The van der Waals surface area contributed by atoms with E-state index in [1.165, 1.54) is 4.31 Å². The summed E-state index contributed by atoms with van der Waals surface area (Å²) in [4.78, 5) is 4.52. The second-order valence-electron chi connectivity index (χ2n) is 7.79. The summed E-state index contributed by atoms with van der Waals surface area (Å²) >= 11 is 1.62. The molecule has 0 saturated carbocycles. The van der Waals surface area contributed by atoms with Crippen LogP contribution < -0.4 is 4.31 Å². The molecule has 0 atom stereocenters. The van der Waals surface area contributed by atoms with Gasteiger partial charge in [-0.1, -0.05) is 30.3 Å². The molecule has 6 nitrogen and oxygen atoms in total. The van der Waals surface area contributed by atoms with Crippen molar-refractivity contribution in [2.24, 2.45) is 0 Å². The van der Waals surface area contributed by atoms with E-state index in [4.69, 9.17) is 5.26 Å². The number of hydrogen-bond donors (Lipinski definition) is 0. The van der Waals surface area contributed by atoms with E-state index in [1.807, 2.05) is 46.3 Å². The zero-order valence-corrected chi connectivity index (χ0v) is 19.7. The Bertz CT molecular complexity index is 1580. The number of fused-ring (bicyclic) bond motifs is 1. The van der Waals surface area contributed by atoms with E-state index in [1.54, 1.807) is 66.3 Å². The molecule has 8 heteroatoms. The summed E-state index contributed by atoms with van der Waals surface area (Å²) in [6, 6.07) is 25.6. The molecule has 2 aromatic heterocycles. The molecule has 5 aromatic rings. The number of benzene rings is 3. The van der Waals surface area contributed by atoms with Gasteiger partial charge < -0.3 is 4.57 Å². The highest BCUT2D eigenvalue weighted by atomic mass is 32.2. The van der Waals surface area contributed by atoms with Crippen molar-refractivity contribution in [1.82, 2.24) is 9.55 Å². The standard InChI is InChI=1S/C26H20N4O2S2/c27-15-20-6-8-21(9-7-20)17-29-19-28-16-24(29)18-30(34(31,32)25-4-2-1-3-5-25)23-10-11-26-22(14-23)12-13-33-26/h1-14,16,19H,17-18H2. The molecule has 5 rings (SSSR count). The maximum absolute atomic E-state index is 13.7. The lowest BCUT2D eigenvalue weighted by molar-refractivity contribution is 0.588. The minimum Gasteiger partial charge on any atom is -0.328 e. The fourth-order valence-corrected chi connectivity index (χ4v) is 6.01. The van der Waals surface area contributed by atoms with Crippen molar-refractivity contribution in [3.05, 3.63) is 114 Å². The van der Waals surface area contributed by atoms with Gasteiger partial charge in [0.05, 0.1) is 40.8 Å². The van der Waals surface area contributed by atoms with E-state index >= 15 is 0 Å². The van der Waals surface area contributed by atoms with Gasteiger partial charge in [-0.25, -0.2) is 13.4 Å². The number of anilines is 1. The molecule has 0 bridgehead atoms. The lowest BCUT2D eigenvalue weighted by Crippen LogP contribution is -2.31.